The van der Waals surface area contributed by atoms with Crippen LogP contribution in [-0.4, -0.2) is 41.0 Å². The molecule has 0 aliphatic carbocycles. The minimum atomic E-state index is -0.623. The summed E-state index contributed by atoms with van der Waals surface area (Å²) >= 11 is 0. The van der Waals surface area contributed by atoms with Gasteiger partial charge in [0.15, 0.2) is 12.3 Å². The van der Waals surface area contributed by atoms with Gasteiger partial charge in [0.25, 0.3) is 5.91 Å². The van der Waals surface area contributed by atoms with Crippen LogP contribution < -0.4 is 10.2 Å². The summed E-state index contributed by atoms with van der Waals surface area (Å²) in [5, 5.41) is 2.81. The van der Waals surface area contributed by atoms with Gasteiger partial charge in [-0.05, 0) is 68.1 Å². The molecule has 0 bridgehead atoms. The van der Waals surface area contributed by atoms with Crippen molar-refractivity contribution in [2.24, 2.45) is 0 Å². The third-order valence-corrected chi connectivity index (χ3v) is 5.11. The van der Waals surface area contributed by atoms with Gasteiger partial charge in [0.2, 0.25) is 0 Å². The Morgan fingerprint density at radius 2 is 1.93 bits per heavy atom. The van der Waals surface area contributed by atoms with E-state index in [2.05, 4.69) is 21.3 Å². The molecule has 7 heteroatoms. The lowest BCUT2D eigenvalue weighted by Crippen LogP contribution is -2.22. The number of hydrogen-bond donors (Lipinski definition) is 1. The molecule has 1 aliphatic rings. The Labute approximate surface area is 169 Å². The Kier molecular flexibility index (Phi) is 5.20. The lowest BCUT2D eigenvalue weighted by atomic mass is 10.1. The first-order valence-corrected chi connectivity index (χ1v) is 9.77. The second kappa shape index (κ2) is 7.95. The number of aryl methyl sites for hydroxylation is 2. The lowest BCUT2D eigenvalue weighted by molar-refractivity contribution is -0.119. The van der Waals surface area contributed by atoms with Gasteiger partial charge in [0.1, 0.15) is 5.65 Å². The van der Waals surface area contributed by atoms with Gasteiger partial charge in [0, 0.05) is 36.9 Å². The molecular weight excluding hydrogens is 368 g/mol. The van der Waals surface area contributed by atoms with Crippen molar-refractivity contribution >= 4 is 28.9 Å². The van der Waals surface area contributed by atoms with Crippen LogP contribution in [-0.2, 0) is 9.53 Å². The summed E-state index contributed by atoms with van der Waals surface area (Å²) in [6, 6.07) is 9.78. The van der Waals surface area contributed by atoms with Crippen LogP contribution in [0, 0.1) is 13.8 Å². The van der Waals surface area contributed by atoms with Crippen molar-refractivity contribution in [1.82, 2.24) is 9.38 Å². The summed E-state index contributed by atoms with van der Waals surface area (Å²) in [5.41, 5.74) is 4.76. The standard InChI is InChI=1S/C22H24N4O3/c1-15-7-10-26-13-19(23-20(26)11-15)22(28)29-14-21(27)24-18-6-5-17(12-16(18)2)25-8-3-4-9-25/h5-7,10-13H,3-4,8-9,14H2,1-2H3,(H,24,27). The topological polar surface area (TPSA) is 75.9 Å². The van der Waals surface area contributed by atoms with E-state index in [1.165, 1.54) is 18.5 Å². The molecule has 150 valence electrons. The van der Waals surface area contributed by atoms with E-state index in [9.17, 15) is 9.59 Å². The third-order valence-electron chi connectivity index (χ3n) is 5.11. The van der Waals surface area contributed by atoms with Gasteiger partial charge in [-0.1, -0.05) is 0 Å². The molecule has 3 heterocycles. The first-order valence-electron chi connectivity index (χ1n) is 9.77. The van der Waals surface area contributed by atoms with Gasteiger partial charge < -0.3 is 19.4 Å². The molecule has 1 fully saturated rings. The maximum absolute atomic E-state index is 12.2. The first kappa shape index (κ1) is 19.0. The number of carbonyl (C=O) groups excluding carboxylic acids is 2. The van der Waals surface area contributed by atoms with Crippen LogP contribution in [0.2, 0.25) is 0 Å². The maximum Gasteiger partial charge on any atom is 0.359 e. The average Bonchev–Trinajstić information content (AvgIpc) is 3.37. The van der Waals surface area contributed by atoms with Gasteiger partial charge in [-0.15, -0.1) is 0 Å². The largest absolute Gasteiger partial charge is 0.451 e. The number of imidazole rings is 1. The zero-order chi connectivity index (χ0) is 20.4. The van der Waals surface area contributed by atoms with Gasteiger partial charge in [-0.25, -0.2) is 9.78 Å². The SMILES string of the molecule is Cc1ccn2cc(C(=O)OCC(=O)Nc3ccc(N4CCCC4)cc3C)nc2c1. The Morgan fingerprint density at radius 1 is 1.14 bits per heavy atom. The van der Waals surface area contributed by atoms with Crippen LogP contribution in [0.25, 0.3) is 5.65 Å². The molecular formula is C22H24N4O3. The van der Waals surface area contributed by atoms with Crippen LogP contribution in [0.1, 0.15) is 34.5 Å². The van der Waals surface area contributed by atoms with E-state index >= 15 is 0 Å². The smallest absolute Gasteiger partial charge is 0.359 e. The molecule has 3 aromatic rings. The van der Waals surface area contributed by atoms with Crippen LogP contribution in [0.4, 0.5) is 11.4 Å². The molecule has 0 radical (unpaired) electrons. The van der Waals surface area contributed by atoms with Crippen LogP contribution in [0.3, 0.4) is 0 Å². The molecule has 0 spiro atoms. The molecule has 1 saturated heterocycles. The highest BCUT2D eigenvalue weighted by Gasteiger charge is 2.16. The molecule has 0 unspecified atom stereocenters. The van der Waals surface area contributed by atoms with Gasteiger partial charge in [0.05, 0.1) is 0 Å². The number of ether oxygens (including phenoxy) is 1. The molecule has 29 heavy (non-hydrogen) atoms. The fourth-order valence-corrected chi connectivity index (χ4v) is 3.53. The van der Waals surface area contributed by atoms with Crippen molar-refractivity contribution < 1.29 is 14.3 Å². The third kappa shape index (κ3) is 4.23. The van der Waals surface area contributed by atoms with E-state index in [4.69, 9.17) is 4.74 Å². The van der Waals surface area contributed by atoms with Crippen molar-refractivity contribution in [3.05, 3.63) is 59.5 Å². The summed E-state index contributed by atoms with van der Waals surface area (Å²) in [5.74, 6) is -1.00. The van der Waals surface area contributed by atoms with E-state index in [0.29, 0.717) is 5.65 Å². The molecule has 1 aliphatic heterocycles. The average molecular weight is 392 g/mol. The quantitative estimate of drug-likeness (QED) is 0.674. The van der Waals surface area contributed by atoms with Crippen molar-refractivity contribution in [2.45, 2.75) is 26.7 Å². The van der Waals surface area contributed by atoms with E-state index < -0.39 is 5.97 Å². The number of benzene rings is 1. The van der Waals surface area contributed by atoms with Gasteiger partial charge in [-0.2, -0.15) is 0 Å². The van der Waals surface area contributed by atoms with E-state index in [-0.39, 0.29) is 18.2 Å². The number of esters is 1. The van der Waals surface area contributed by atoms with Gasteiger partial charge in [-0.3, -0.25) is 4.79 Å². The molecule has 1 amide bonds. The van der Waals surface area contributed by atoms with Crippen molar-refractivity contribution in [2.75, 3.05) is 29.9 Å². The number of nitrogens with one attached hydrogen (secondary N) is 1. The molecule has 7 nitrogen and oxygen atoms in total. The van der Waals surface area contributed by atoms with E-state index in [0.717, 1.165) is 29.9 Å². The fourth-order valence-electron chi connectivity index (χ4n) is 3.53. The van der Waals surface area contributed by atoms with E-state index in [1.807, 2.05) is 44.3 Å². The molecule has 4 rings (SSSR count). The zero-order valence-electron chi connectivity index (χ0n) is 16.6. The highest BCUT2D eigenvalue weighted by Crippen LogP contribution is 2.25. The maximum atomic E-state index is 12.2. The summed E-state index contributed by atoms with van der Waals surface area (Å²) in [4.78, 5) is 31.1. The number of pyridine rings is 1. The summed E-state index contributed by atoms with van der Waals surface area (Å²) in [6.45, 7) is 5.70. The highest BCUT2D eigenvalue weighted by molar-refractivity contribution is 5.95. The Hall–Kier alpha value is -3.35. The summed E-state index contributed by atoms with van der Waals surface area (Å²) in [6.07, 6.45) is 5.86. The predicted molar refractivity (Wildman–Crippen MR) is 111 cm³/mol. The number of rotatable bonds is 5. The molecule has 0 saturated carbocycles. The Bertz CT molecular complexity index is 1070. The Morgan fingerprint density at radius 3 is 2.69 bits per heavy atom. The van der Waals surface area contributed by atoms with Crippen molar-refractivity contribution in [3.8, 4) is 0 Å². The number of anilines is 2. The molecule has 2 aromatic heterocycles. The Balaban J connectivity index is 1.35. The number of carbonyl (C=O) groups is 2. The first-order chi connectivity index (χ1) is 14.0. The number of amides is 1. The number of fused-ring (bicyclic) bond motifs is 1. The number of hydrogen-bond acceptors (Lipinski definition) is 5. The van der Waals surface area contributed by atoms with Crippen LogP contribution in [0.15, 0.2) is 42.7 Å². The second-order valence-corrected chi connectivity index (χ2v) is 7.41. The molecule has 0 atom stereocenters. The van der Waals surface area contributed by atoms with Crippen LogP contribution >= 0.6 is 0 Å². The number of aromatic nitrogens is 2. The molecule has 1 N–H and O–H groups in total. The van der Waals surface area contributed by atoms with Crippen molar-refractivity contribution in [1.29, 1.82) is 0 Å². The summed E-state index contributed by atoms with van der Waals surface area (Å²) < 4.78 is 6.88. The lowest BCUT2D eigenvalue weighted by Gasteiger charge is -2.19. The van der Waals surface area contributed by atoms with Gasteiger partial charge >= 0.3 is 5.97 Å². The minimum absolute atomic E-state index is 0.176. The monoisotopic (exact) mass is 392 g/mol. The number of nitrogens with zero attached hydrogens (tertiary/aromatic N) is 3. The van der Waals surface area contributed by atoms with Crippen molar-refractivity contribution in [3.63, 3.8) is 0 Å². The minimum Gasteiger partial charge on any atom is -0.451 e. The highest BCUT2D eigenvalue weighted by atomic mass is 16.5. The predicted octanol–water partition coefficient (Wildman–Crippen LogP) is 3.35. The second-order valence-electron chi connectivity index (χ2n) is 7.41. The summed E-state index contributed by atoms with van der Waals surface area (Å²) in [7, 11) is 0. The normalized spacial score (nSPS) is 13.7. The zero-order valence-corrected chi connectivity index (χ0v) is 16.6. The van der Waals surface area contributed by atoms with E-state index in [1.54, 1.807) is 10.6 Å². The fraction of sp³-hybridized carbons (Fsp3) is 0.318. The van der Waals surface area contributed by atoms with Crippen LogP contribution in [0.5, 0.6) is 0 Å². The molecule has 1 aromatic carbocycles.